The minimum atomic E-state index is -0.221. The molecule has 0 aliphatic carbocycles. The number of carbonyl (C=O) groups is 1. The van der Waals surface area contributed by atoms with Crippen LogP contribution < -0.4 is 10.2 Å². The Balaban J connectivity index is 1.21. The van der Waals surface area contributed by atoms with Gasteiger partial charge in [-0.3, -0.25) is 9.78 Å². The zero-order chi connectivity index (χ0) is 39.9. The number of benzene rings is 2. The number of aromatic nitrogens is 1. The zero-order valence-electron chi connectivity index (χ0n) is 33.7. The second-order valence-electron chi connectivity index (χ2n) is 12.3. The van der Waals surface area contributed by atoms with Gasteiger partial charge in [-0.2, -0.15) is 0 Å². The van der Waals surface area contributed by atoms with E-state index in [0.717, 1.165) is 41.2 Å². The van der Waals surface area contributed by atoms with Crippen LogP contribution in [-0.2, 0) is 42.6 Å². The van der Waals surface area contributed by atoms with Crippen LogP contribution in [0.2, 0.25) is 0 Å². The molecule has 1 amide bonds. The summed E-state index contributed by atoms with van der Waals surface area (Å²) in [6, 6.07) is 17.3. The van der Waals surface area contributed by atoms with Gasteiger partial charge in [0.2, 0.25) is 0 Å². The maximum Gasteiger partial charge on any atom is 0.255 e. The summed E-state index contributed by atoms with van der Waals surface area (Å²) in [4.78, 5) is 20.3. The number of hydrogen-bond donors (Lipinski definition) is 1. The molecule has 0 bridgehead atoms. The first-order valence-corrected chi connectivity index (χ1v) is 19.4. The maximum absolute atomic E-state index is 13.4. The fourth-order valence-electron chi connectivity index (χ4n) is 5.20. The van der Waals surface area contributed by atoms with Gasteiger partial charge in [0.15, 0.2) is 0 Å². The predicted octanol–water partition coefficient (Wildman–Crippen LogP) is 5.29. The van der Waals surface area contributed by atoms with E-state index >= 15 is 0 Å². The average Bonchev–Trinajstić information content (AvgIpc) is 3.21. The average molecular weight is 780 g/mol. The van der Waals surface area contributed by atoms with Crippen LogP contribution in [0.25, 0.3) is 11.3 Å². The van der Waals surface area contributed by atoms with Gasteiger partial charge in [0.25, 0.3) is 5.91 Å². The fourth-order valence-corrected chi connectivity index (χ4v) is 5.20. The van der Waals surface area contributed by atoms with Crippen molar-refractivity contribution in [3.63, 3.8) is 0 Å². The summed E-state index contributed by atoms with van der Waals surface area (Å²) >= 11 is 0. The Labute approximate surface area is 333 Å². The van der Waals surface area contributed by atoms with E-state index in [4.69, 9.17) is 42.6 Å². The van der Waals surface area contributed by atoms with Gasteiger partial charge < -0.3 is 52.8 Å². The summed E-state index contributed by atoms with van der Waals surface area (Å²) in [5.74, 6) is 5.87. The molecule has 0 unspecified atom stereocenters. The first kappa shape index (κ1) is 46.4. The molecule has 3 aromatic rings. The smallest absolute Gasteiger partial charge is 0.255 e. The van der Waals surface area contributed by atoms with E-state index in [0.29, 0.717) is 117 Å². The zero-order valence-corrected chi connectivity index (χ0v) is 33.7. The van der Waals surface area contributed by atoms with E-state index in [1.165, 1.54) is 0 Å². The summed E-state index contributed by atoms with van der Waals surface area (Å²) in [7, 11) is 1.64. The van der Waals surface area contributed by atoms with Crippen molar-refractivity contribution in [3.05, 3.63) is 77.5 Å². The lowest BCUT2D eigenvalue weighted by atomic mass is 10.0. The first-order valence-electron chi connectivity index (χ1n) is 19.4. The number of amides is 1. The van der Waals surface area contributed by atoms with Gasteiger partial charge in [0, 0.05) is 48.8 Å². The molecule has 0 spiro atoms. The lowest BCUT2D eigenvalue weighted by Gasteiger charge is -2.23. The molecule has 0 radical (unpaired) electrons. The van der Waals surface area contributed by atoms with Crippen molar-refractivity contribution in [1.29, 1.82) is 0 Å². The Bertz CT molecular complexity index is 1560. The topological polar surface area (TPSA) is 128 Å². The molecule has 308 valence electrons. The van der Waals surface area contributed by atoms with Crippen molar-refractivity contribution in [2.75, 3.05) is 143 Å². The van der Waals surface area contributed by atoms with Crippen molar-refractivity contribution >= 4 is 17.3 Å². The summed E-state index contributed by atoms with van der Waals surface area (Å²) < 4.78 is 48.8. The maximum atomic E-state index is 13.4. The number of nitrogens with zero attached hydrogens (tertiary/aromatic N) is 2. The molecule has 2 aromatic carbocycles. The molecule has 0 fully saturated rings. The highest BCUT2D eigenvalue weighted by Gasteiger charge is 2.14. The van der Waals surface area contributed by atoms with E-state index < -0.39 is 0 Å². The monoisotopic (exact) mass is 779 g/mol. The molecule has 1 aromatic heterocycles. The van der Waals surface area contributed by atoms with Gasteiger partial charge >= 0.3 is 0 Å². The minimum Gasteiger partial charge on any atom is -0.382 e. The number of hydrogen-bond acceptors (Lipinski definition) is 12. The molecule has 56 heavy (non-hydrogen) atoms. The Morgan fingerprint density at radius 3 is 1.71 bits per heavy atom. The van der Waals surface area contributed by atoms with E-state index in [9.17, 15) is 4.79 Å². The molecule has 1 N–H and O–H groups in total. The number of pyridine rings is 1. The van der Waals surface area contributed by atoms with Crippen LogP contribution in [0.15, 0.2) is 60.8 Å². The van der Waals surface area contributed by atoms with Gasteiger partial charge in [-0.15, -0.1) is 0 Å². The molecular weight excluding hydrogens is 718 g/mol. The van der Waals surface area contributed by atoms with Crippen LogP contribution in [0.4, 0.5) is 11.4 Å². The number of nitrogens with one attached hydrogen (secondary N) is 1. The lowest BCUT2D eigenvalue weighted by Crippen LogP contribution is -2.22. The molecule has 13 heteroatoms. The van der Waals surface area contributed by atoms with Gasteiger partial charge in [-0.1, -0.05) is 17.9 Å². The van der Waals surface area contributed by atoms with Crippen LogP contribution in [0.5, 0.6) is 0 Å². The molecule has 0 atom stereocenters. The SMILES string of the molecule is CCN(CC)c1ccc(NC(=O)c2cccc(C#CCOCCOCCOCCOCCOCCOCCOCCOCCOC)c2)c(-c2cc(C)ccn2)c1. The van der Waals surface area contributed by atoms with Crippen LogP contribution in [0.3, 0.4) is 0 Å². The predicted molar refractivity (Wildman–Crippen MR) is 218 cm³/mol. The number of aryl methyl sites for hydroxylation is 1. The molecule has 13 nitrogen and oxygen atoms in total. The Hall–Kier alpha value is -3.94. The van der Waals surface area contributed by atoms with Crippen LogP contribution >= 0.6 is 0 Å². The first-order chi connectivity index (χ1) is 27.5. The number of ether oxygens (including phenoxy) is 9. The summed E-state index contributed by atoms with van der Waals surface area (Å²) in [6.45, 7) is 16.3. The van der Waals surface area contributed by atoms with E-state index in [-0.39, 0.29) is 12.5 Å². The van der Waals surface area contributed by atoms with Gasteiger partial charge in [-0.05, 0) is 74.9 Å². The van der Waals surface area contributed by atoms with Crippen LogP contribution in [0, 0.1) is 18.8 Å². The molecule has 3 rings (SSSR count). The van der Waals surface area contributed by atoms with E-state index in [2.05, 4.69) is 47.0 Å². The van der Waals surface area contributed by atoms with Crippen LogP contribution in [0.1, 0.15) is 35.3 Å². The summed E-state index contributed by atoms with van der Waals surface area (Å²) in [6.07, 6.45) is 1.79. The summed E-state index contributed by atoms with van der Waals surface area (Å²) in [5, 5.41) is 3.10. The third-order valence-corrected chi connectivity index (χ3v) is 8.14. The van der Waals surface area contributed by atoms with Crippen molar-refractivity contribution in [1.82, 2.24) is 4.98 Å². The molecule has 0 aliphatic rings. The summed E-state index contributed by atoms with van der Waals surface area (Å²) in [5.41, 5.74) is 5.78. The number of carbonyl (C=O) groups excluding carboxylic acids is 1. The van der Waals surface area contributed by atoms with Crippen molar-refractivity contribution in [2.45, 2.75) is 20.8 Å². The Kier molecular flexibility index (Phi) is 25.1. The second kappa shape index (κ2) is 30.2. The van der Waals surface area contributed by atoms with Crippen molar-refractivity contribution in [3.8, 4) is 23.1 Å². The van der Waals surface area contributed by atoms with Gasteiger partial charge in [0.1, 0.15) is 6.61 Å². The third-order valence-electron chi connectivity index (χ3n) is 8.14. The van der Waals surface area contributed by atoms with E-state index in [1.807, 2.05) is 43.3 Å². The largest absolute Gasteiger partial charge is 0.382 e. The van der Waals surface area contributed by atoms with Crippen molar-refractivity contribution < 1.29 is 47.4 Å². The molecule has 0 aliphatic heterocycles. The second-order valence-corrected chi connectivity index (χ2v) is 12.3. The highest BCUT2D eigenvalue weighted by atomic mass is 16.6. The number of methoxy groups -OCH3 is 1. The highest BCUT2D eigenvalue weighted by molar-refractivity contribution is 6.06. The fraction of sp³-hybridized carbons (Fsp3) is 0.535. The molecule has 0 saturated heterocycles. The third kappa shape index (κ3) is 19.8. The molecule has 0 saturated carbocycles. The minimum absolute atomic E-state index is 0.221. The van der Waals surface area contributed by atoms with Crippen LogP contribution in [-0.4, -0.2) is 143 Å². The standard InChI is InChI=1S/C43H61N3O10/c1-5-46(6-2)39-12-13-41(40(35-39)42-33-36(3)14-15-44-42)45-43(47)38-11-7-9-37(34-38)10-8-16-49-19-20-51-23-24-53-27-28-55-31-32-56-30-29-54-26-25-52-22-21-50-18-17-48-4/h7,9,11-15,33-35H,5-6,16-32H2,1-4H3,(H,45,47). The number of anilines is 2. The normalized spacial score (nSPS) is 11.0. The quantitative estimate of drug-likeness (QED) is 0.0674. The van der Waals surface area contributed by atoms with Gasteiger partial charge in [0.05, 0.1) is 117 Å². The van der Waals surface area contributed by atoms with E-state index in [1.54, 1.807) is 25.4 Å². The van der Waals surface area contributed by atoms with Gasteiger partial charge in [-0.25, -0.2) is 0 Å². The lowest BCUT2D eigenvalue weighted by molar-refractivity contribution is -0.0238. The number of rotatable bonds is 31. The molecule has 1 heterocycles. The van der Waals surface area contributed by atoms with Crippen molar-refractivity contribution in [2.24, 2.45) is 0 Å². The highest BCUT2D eigenvalue weighted by Crippen LogP contribution is 2.32. The Morgan fingerprint density at radius 2 is 1.20 bits per heavy atom. The Morgan fingerprint density at radius 1 is 0.661 bits per heavy atom. The molecular formula is C43H61N3O10.